The molecule has 1 aromatic carbocycles. The number of anilines is 1. The molecule has 2 aliphatic rings. The summed E-state index contributed by atoms with van der Waals surface area (Å²) in [5.74, 6) is -0.0398. The summed E-state index contributed by atoms with van der Waals surface area (Å²) < 4.78 is 0. The number of fused-ring (bicyclic) bond motifs is 3. The Balaban J connectivity index is 1.84. The fourth-order valence-electron chi connectivity index (χ4n) is 3.24. The predicted octanol–water partition coefficient (Wildman–Crippen LogP) is 3.20. The highest BCUT2D eigenvalue weighted by molar-refractivity contribution is 6.26. The molecule has 6 heteroatoms. The Morgan fingerprint density at radius 1 is 1.25 bits per heavy atom. The molecule has 120 valence electrons. The summed E-state index contributed by atoms with van der Waals surface area (Å²) >= 11 is 0. The third kappa shape index (κ3) is 2.07. The van der Waals surface area contributed by atoms with E-state index in [-0.39, 0.29) is 11.7 Å². The van der Waals surface area contributed by atoms with Gasteiger partial charge in [0.1, 0.15) is 0 Å². The van der Waals surface area contributed by atoms with Crippen LogP contribution in [0.2, 0.25) is 0 Å². The monoisotopic (exact) mass is 321 g/mol. The van der Waals surface area contributed by atoms with Crippen LogP contribution in [0.5, 0.6) is 0 Å². The molecule has 2 aliphatic carbocycles. The van der Waals surface area contributed by atoms with Crippen LogP contribution in [0.15, 0.2) is 36.1 Å². The van der Waals surface area contributed by atoms with Crippen molar-refractivity contribution in [2.75, 3.05) is 5.32 Å². The van der Waals surface area contributed by atoms with Gasteiger partial charge in [0.2, 0.25) is 5.91 Å². The second kappa shape index (κ2) is 5.19. The Labute approximate surface area is 137 Å². The number of carbonyl (C=O) groups excluding carboxylic acids is 2. The van der Waals surface area contributed by atoms with Gasteiger partial charge in [0.25, 0.3) is 0 Å². The van der Waals surface area contributed by atoms with E-state index in [0.717, 1.165) is 11.1 Å². The minimum atomic E-state index is -0.222. The zero-order chi connectivity index (χ0) is 16.8. The van der Waals surface area contributed by atoms with Gasteiger partial charge in [-0.25, -0.2) is 0 Å². The molecule has 0 spiro atoms. The SMILES string of the molecule is CC(=O)Nc1cccc2c1C(=O)c1c(C3=CC=C(O)CC3)n[nH]c1-2. The minimum absolute atomic E-state index is 0.146. The van der Waals surface area contributed by atoms with Crippen LogP contribution in [0.4, 0.5) is 5.69 Å². The molecule has 1 heterocycles. The Hall–Kier alpha value is -3.15. The van der Waals surface area contributed by atoms with E-state index >= 15 is 0 Å². The van der Waals surface area contributed by atoms with E-state index in [0.29, 0.717) is 46.8 Å². The molecule has 2 aromatic rings. The number of allylic oxidation sites excluding steroid dienone is 4. The van der Waals surface area contributed by atoms with E-state index in [1.54, 1.807) is 24.3 Å². The first-order valence-corrected chi connectivity index (χ1v) is 7.69. The average Bonchev–Trinajstić information content (AvgIpc) is 3.09. The van der Waals surface area contributed by atoms with Crippen LogP contribution in [-0.2, 0) is 4.79 Å². The van der Waals surface area contributed by atoms with Crippen LogP contribution in [-0.4, -0.2) is 27.0 Å². The summed E-state index contributed by atoms with van der Waals surface area (Å²) in [5.41, 5.74) is 4.48. The standard InChI is InChI=1S/C18H15N3O3/c1-9(22)19-13-4-2-3-12-14(13)18(24)15-16(20-21-17(12)15)10-5-7-11(23)8-6-10/h2-5,7,23H,6,8H2,1H3,(H,19,22)(H,20,21). The van der Waals surface area contributed by atoms with Crippen molar-refractivity contribution in [2.24, 2.45) is 0 Å². The topological polar surface area (TPSA) is 95.1 Å². The van der Waals surface area contributed by atoms with Crippen molar-refractivity contribution in [2.45, 2.75) is 19.8 Å². The number of hydrogen-bond donors (Lipinski definition) is 3. The number of nitrogens with one attached hydrogen (secondary N) is 2. The largest absolute Gasteiger partial charge is 0.512 e. The lowest BCUT2D eigenvalue weighted by atomic mass is 9.97. The molecular formula is C18H15N3O3. The number of amides is 1. The number of aliphatic hydroxyl groups excluding tert-OH is 1. The lowest BCUT2D eigenvalue weighted by Gasteiger charge is -2.10. The number of rotatable bonds is 2. The lowest BCUT2D eigenvalue weighted by Crippen LogP contribution is -2.10. The molecular weight excluding hydrogens is 306 g/mol. The third-order valence-electron chi connectivity index (χ3n) is 4.30. The number of hydrogen-bond acceptors (Lipinski definition) is 4. The smallest absolute Gasteiger partial charge is 0.221 e. The molecule has 0 bridgehead atoms. The summed E-state index contributed by atoms with van der Waals surface area (Å²) in [6.45, 7) is 1.41. The van der Waals surface area contributed by atoms with Gasteiger partial charge in [-0.15, -0.1) is 0 Å². The van der Waals surface area contributed by atoms with Gasteiger partial charge in [-0.05, 0) is 24.1 Å². The Morgan fingerprint density at radius 2 is 2.08 bits per heavy atom. The van der Waals surface area contributed by atoms with Gasteiger partial charge in [0, 0.05) is 18.9 Å². The van der Waals surface area contributed by atoms with E-state index in [1.807, 2.05) is 6.07 Å². The molecule has 0 saturated carbocycles. The quantitative estimate of drug-likeness (QED) is 0.675. The molecule has 0 fully saturated rings. The number of aromatic amines is 1. The van der Waals surface area contributed by atoms with Crippen molar-refractivity contribution in [3.8, 4) is 11.3 Å². The van der Waals surface area contributed by atoms with E-state index in [2.05, 4.69) is 15.5 Å². The minimum Gasteiger partial charge on any atom is -0.512 e. The van der Waals surface area contributed by atoms with Crippen LogP contribution >= 0.6 is 0 Å². The van der Waals surface area contributed by atoms with Gasteiger partial charge >= 0.3 is 0 Å². The maximum Gasteiger partial charge on any atom is 0.221 e. The first-order chi connectivity index (χ1) is 11.6. The van der Waals surface area contributed by atoms with Crippen LogP contribution in [0.1, 0.15) is 41.4 Å². The number of carbonyl (C=O) groups is 2. The van der Waals surface area contributed by atoms with E-state index in [9.17, 15) is 14.7 Å². The zero-order valence-corrected chi connectivity index (χ0v) is 13.0. The van der Waals surface area contributed by atoms with Crippen LogP contribution in [0, 0.1) is 0 Å². The molecule has 6 nitrogen and oxygen atoms in total. The van der Waals surface area contributed by atoms with Gasteiger partial charge in [0.15, 0.2) is 5.78 Å². The van der Waals surface area contributed by atoms with E-state index in [4.69, 9.17) is 0 Å². The fourth-order valence-corrected chi connectivity index (χ4v) is 3.24. The van der Waals surface area contributed by atoms with Crippen molar-refractivity contribution >= 4 is 23.0 Å². The van der Waals surface area contributed by atoms with Gasteiger partial charge in [-0.2, -0.15) is 5.10 Å². The number of aliphatic hydroxyl groups is 1. The second-order valence-electron chi connectivity index (χ2n) is 5.91. The third-order valence-corrected chi connectivity index (χ3v) is 4.30. The molecule has 0 atom stereocenters. The number of H-pyrrole nitrogens is 1. The number of aromatic nitrogens is 2. The molecule has 0 saturated heterocycles. The number of nitrogens with zero attached hydrogens (tertiary/aromatic N) is 1. The highest BCUT2D eigenvalue weighted by atomic mass is 16.3. The Morgan fingerprint density at radius 3 is 2.79 bits per heavy atom. The van der Waals surface area contributed by atoms with Crippen LogP contribution in [0.3, 0.4) is 0 Å². The normalized spacial score (nSPS) is 15.5. The number of benzene rings is 1. The molecule has 3 N–H and O–H groups in total. The van der Waals surface area contributed by atoms with Gasteiger partial charge < -0.3 is 10.4 Å². The first-order valence-electron chi connectivity index (χ1n) is 7.69. The fraction of sp³-hybridized carbons (Fsp3) is 0.167. The van der Waals surface area contributed by atoms with Crippen molar-refractivity contribution in [3.63, 3.8) is 0 Å². The second-order valence-corrected chi connectivity index (χ2v) is 5.91. The van der Waals surface area contributed by atoms with E-state index < -0.39 is 0 Å². The van der Waals surface area contributed by atoms with Crippen molar-refractivity contribution in [1.29, 1.82) is 0 Å². The van der Waals surface area contributed by atoms with Gasteiger partial charge in [0.05, 0.1) is 34.0 Å². The molecule has 0 unspecified atom stereocenters. The maximum atomic E-state index is 13.0. The summed E-state index contributed by atoms with van der Waals surface area (Å²) in [4.78, 5) is 24.4. The average molecular weight is 321 g/mol. The summed E-state index contributed by atoms with van der Waals surface area (Å²) in [6, 6.07) is 5.36. The van der Waals surface area contributed by atoms with Crippen molar-refractivity contribution in [3.05, 3.63) is 52.9 Å². The van der Waals surface area contributed by atoms with Gasteiger partial charge in [-0.3, -0.25) is 14.7 Å². The summed E-state index contributed by atoms with van der Waals surface area (Å²) in [5, 5.41) is 19.5. The zero-order valence-electron chi connectivity index (χ0n) is 13.0. The van der Waals surface area contributed by atoms with Crippen molar-refractivity contribution < 1.29 is 14.7 Å². The van der Waals surface area contributed by atoms with Crippen LogP contribution < -0.4 is 5.32 Å². The molecule has 4 rings (SSSR count). The molecule has 1 aromatic heterocycles. The van der Waals surface area contributed by atoms with Gasteiger partial charge in [-0.1, -0.05) is 18.2 Å². The predicted molar refractivity (Wildman–Crippen MR) is 89.7 cm³/mol. The molecule has 0 aliphatic heterocycles. The molecule has 0 radical (unpaired) electrons. The molecule has 1 amide bonds. The summed E-state index contributed by atoms with van der Waals surface area (Å²) in [6.07, 6.45) is 4.59. The highest BCUT2D eigenvalue weighted by Gasteiger charge is 2.35. The lowest BCUT2D eigenvalue weighted by molar-refractivity contribution is -0.114. The molecule has 24 heavy (non-hydrogen) atoms. The Kier molecular flexibility index (Phi) is 3.13. The first kappa shape index (κ1) is 14.4. The summed E-state index contributed by atoms with van der Waals surface area (Å²) in [7, 11) is 0. The van der Waals surface area contributed by atoms with Crippen molar-refractivity contribution in [1.82, 2.24) is 10.2 Å². The highest BCUT2D eigenvalue weighted by Crippen LogP contribution is 2.42. The maximum absolute atomic E-state index is 13.0. The van der Waals surface area contributed by atoms with E-state index in [1.165, 1.54) is 6.92 Å². The Bertz CT molecular complexity index is 950. The number of ketones is 1. The van der Waals surface area contributed by atoms with Crippen LogP contribution in [0.25, 0.3) is 16.8 Å².